The third-order valence-electron chi connectivity index (χ3n) is 4.13. The van der Waals surface area contributed by atoms with Gasteiger partial charge in [-0.1, -0.05) is 25.7 Å². The van der Waals surface area contributed by atoms with E-state index in [4.69, 9.17) is 4.18 Å². The molecule has 0 aromatic rings. The largest absolute Gasteiger partial charge is 0.267 e. The number of rotatable bonds is 3. The first-order valence-electron chi connectivity index (χ1n) is 6.53. The first kappa shape index (κ1) is 12.4. The second-order valence-corrected chi connectivity index (χ2v) is 7.01. The van der Waals surface area contributed by atoms with Crippen LogP contribution in [-0.2, 0) is 14.3 Å². The molecule has 4 heteroatoms. The molecule has 0 N–H and O–H groups in total. The summed E-state index contributed by atoms with van der Waals surface area (Å²) in [4.78, 5) is 0. The molecule has 2 aliphatic carbocycles. The van der Waals surface area contributed by atoms with Crippen LogP contribution in [0.4, 0.5) is 0 Å². The summed E-state index contributed by atoms with van der Waals surface area (Å²) in [5, 5.41) is 0. The molecular weight excluding hydrogens is 224 g/mol. The number of hydrogen-bond acceptors (Lipinski definition) is 3. The molecule has 3 unspecified atom stereocenters. The fourth-order valence-corrected chi connectivity index (χ4v) is 4.01. The van der Waals surface area contributed by atoms with E-state index in [1.54, 1.807) is 6.92 Å². The van der Waals surface area contributed by atoms with Crippen LogP contribution in [0.15, 0.2) is 0 Å². The van der Waals surface area contributed by atoms with Crippen molar-refractivity contribution in [2.75, 3.05) is 5.75 Å². The summed E-state index contributed by atoms with van der Waals surface area (Å²) in [6.45, 7) is 1.65. The minimum Gasteiger partial charge on any atom is -0.266 e. The molecule has 3 atom stereocenters. The van der Waals surface area contributed by atoms with Gasteiger partial charge in [-0.15, -0.1) is 0 Å². The summed E-state index contributed by atoms with van der Waals surface area (Å²) >= 11 is 0. The Labute approximate surface area is 98.7 Å². The Hall–Kier alpha value is -0.0900. The maximum atomic E-state index is 11.5. The van der Waals surface area contributed by atoms with Crippen LogP contribution in [0, 0.1) is 11.8 Å². The second-order valence-electron chi connectivity index (χ2n) is 5.12. The topological polar surface area (TPSA) is 43.4 Å². The zero-order chi connectivity index (χ0) is 11.6. The smallest absolute Gasteiger partial charge is 0.266 e. The lowest BCUT2D eigenvalue weighted by Gasteiger charge is -2.40. The minimum atomic E-state index is -3.27. The summed E-state index contributed by atoms with van der Waals surface area (Å²) in [5.41, 5.74) is 0. The summed E-state index contributed by atoms with van der Waals surface area (Å²) in [7, 11) is -3.27. The molecule has 3 nitrogen and oxygen atoms in total. The van der Waals surface area contributed by atoms with E-state index in [-0.39, 0.29) is 11.9 Å². The highest BCUT2D eigenvalue weighted by atomic mass is 32.2. The normalized spacial score (nSPS) is 35.7. The Balaban J connectivity index is 2.02. The molecule has 0 aliphatic heterocycles. The highest BCUT2D eigenvalue weighted by Gasteiger charge is 2.37. The molecule has 2 rings (SSSR count). The van der Waals surface area contributed by atoms with Crippen LogP contribution in [0.2, 0.25) is 0 Å². The third kappa shape index (κ3) is 2.77. The Bertz CT molecular complexity index is 321. The van der Waals surface area contributed by atoms with Crippen molar-refractivity contribution in [2.24, 2.45) is 11.8 Å². The monoisotopic (exact) mass is 246 g/mol. The van der Waals surface area contributed by atoms with Crippen molar-refractivity contribution < 1.29 is 12.6 Å². The van der Waals surface area contributed by atoms with Crippen LogP contribution in [0.25, 0.3) is 0 Å². The molecule has 0 amide bonds. The van der Waals surface area contributed by atoms with E-state index < -0.39 is 10.1 Å². The standard InChI is InChI=1S/C12H22O3S/c1-2-16(13,14)15-12-9-5-7-10-6-3-4-8-11(10)12/h10-12H,2-9H2,1H3. The average Bonchev–Trinajstić information content (AvgIpc) is 2.29. The fraction of sp³-hybridized carbons (Fsp3) is 1.00. The number of fused-ring (bicyclic) bond motifs is 1. The van der Waals surface area contributed by atoms with Crippen molar-refractivity contribution in [1.29, 1.82) is 0 Å². The maximum Gasteiger partial charge on any atom is 0.267 e. The molecule has 0 aromatic carbocycles. The zero-order valence-electron chi connectivity index (χ0n) is 10.0. The van der Waals surface area contributed by atoms with Crippen LogP contribution >= 0.6 is 0 Å². The van der Waals surface area contributed by atoms with Gasteiger partial charge in [-0.3, -0.25) is 4.18 Å². The first-order valence-corrected chi connectivity index (χ1v) is 8.11. The predicted octanol–water partition coefficient (Wildman–Crippen LogP) is 2.71. The Morgan fingerprint density at radius 2 is 1.75 bits per heavy atom. The molecule has 0 saturated heterocycles. The molecule has 0 heterocycles. The SMILES string of the molecule is CCS(=O)(=O)OC1CCCC2CCCCC21. The van der Waals surface area contributed by atoms with E-state index >= 15 is 0 Å². The van der Waals surface area contributed by atoms with E-state index in [1.807, 2.05) is 0 Å². The van der Waals surface area contributed by atoms with Crippen LogP contribution in [0.5, 0.6) is 0 Å². The summed E-state index contributed by atoms with van der Waals surface area (Å²) in [6, 6.07) is 0. The maximum absolute atomic E-state index is 11.5. The highest BCUT2D eigenvalue weighted by Crippen LogP contribution is 2.42. The Morgan fingerprint density at radius 3 is 2.50 bits per heavy atom. The van der Waals surface area contributed by atoms with Gasteiger partial charge in [0.05, 0.1) is 11.9 Å². The summed E-state index contributed by atoms with van der Waals surface area (Å²) in [6.07, 6.45) is 8.30. The van der Waals surface area contributed by atoms with Crippen LogP contribution in [0.3, 0.4) is 0 Å². The quantitative estimate of drug-likeness (QED) is 0.719. The van der Waals surface area contributed by atoms with E-state index in [0.717, 1.165) is 25.2 Å². The van der Waals surface area contributed by atoms with Gasteiger partial charge in [0.1, 0.15) is 0 Å². The summed E-state index contributed by atoms with van der Waals surface area (Å²) < 4.78 is 28.4. The molecule has 0 spiro atoms. The van der Waals surface area contributed by atoms with Crippen molar-refractivity contribution >= 4 is 10.1 Å². The average molecular weight is 246 g/mol. The van der Waals surface area contributed by atoms with E-state index in [1.165, 1.54) is 25.7 Å². The van der Waals surface area contributed by atoms with Crippen molar-refractivity contribution in [1.82, 2.24) is 0 Å². The van der Waals surface area contributed by atoms with Gasteiger partial charge in [0.15, 0.2) is 0 Å². The van der Waals surface area contributed by atoms with Gasteiger partial charge in [-0.25, -0.2) is 0 Å². The van der Waals surface area contributed by atoms with Crippen molar-refractivity contribution in [3.63, 3.8) is 0 Å². The number of hydrogen-bond donors (Lipinski definition) is 0. The van der Waals surface area contributed by atoms with Crippen LogP contribution in [0.1, 0.15) is 51.9 Å². The molecule has 0 bridgehead atoms. The lowest BCUT2D eigenvalue weighted by Crippen LogP contribution is -2.38. The van der Waals surface area contributed by atoms with Crippen molar-refractivity contribution in [3.05, 3.63) is 0 Å². The Kier molecular flexibility index (Phi) is 3.90. The molecule has 2 aliphatic rings. The lowest BCUT2D eigenvalue weighted by atomic mass is 9.69. The molecular formula is C12H22O3S. The third-order valence-corrected chi connectivity index (χ3v) is 5.38. The van der Waals surface area contributed by atoms with Gasteiger partial charge in [0.25, 0.3) is 10.1 Å². The van der Waals surface area contributed by atoms with E-state index in [2.05, 4.69) is 0 Å². The molecule has 2 fully saturated rings. The zero-order valence-corrected chi connectivity index (χ0v) is 10.8. The predicted molar refractivity (Wildman–Crippen MR) is 63.6 cm³/mol. The highest BCUT2D eigenvalue weighted by molar-refractivity contribution is 7.86. The van der Waals surface area contributed by atoms with Gasteiger partial charge in [-0.05, 0) is 38.0 Å². The first-order chi connectivity index (χ1) is 7.62. The van der Waals surface area contributed by atoms with Gasteiger partial charge in [-0.2, -0.15) is 8.42 Å². The lowest BCUT2D eigenvalue weighted by molar-refractivity contribution is 0.0322. The van der Waals surface area contributed by atoms with Gasteiger partial charge >= 0.3 is 0 Å². The van der Waals surface area contributed by atoms with E-state index in [9.17, 15) is 8.42 Å². The fourth-order valence-electron chi connectivity index (χ4n) is 3.26. The van der Waals surface area contributed by atoms with Crippen molar-refractivity contribution in [3.8, 4) is 0 Å². The Morgan fingerprint density at radius 1 is 1.06 bits per heavy atom. The van der Waals surface area contributed by atoms with Crippen LogP contribution in [-0.4, -0.2) is 20.3 Å². The molecule has 2 saturated carbocycles. The molecule has 16 heavy (non-hydrogen) atoms. The van der Waals surface area contributed by atoms with Crippen molar-refractivity contribution in [2.45, 2.75) is 58.0 Å². The van der Waals surface area contributed by atoms with E-state index in [0.29, 0.717) is 5.92 Å². The van der Waals surface area contributed by atoms with Gasteiger partial charge in [0.2, 0.25) is 0 Å². The molecule has 94 valence electrons. The van der Waals surface area contributed by atoms with Crippen LogP contribution < -0.4 is 0 Å². The van der Waals surface area contributed by atoms with Gasteiger partial charge in [0, 0.05) is 0 Å². The molecule has 0 radical (unpaired) electrons. The second kappa shape index (κ2) is 5.05. The molecule has 0 aromatic heterocycles. The van der Waals surface area contributed by atoms with Gasteiger partial charge < -0.3 is 0 Å². The summed E-state index contributed by atoms with van der Waals surface area (Å²) in [5.74, 6) is 1.32. The minimum absolute atomic E-state index is 0.0241.